The van der Waals surface area contributed by atoms with Gasteiger partial charge < -0.3 is 14.2 Å². The van der Waals surface area contributed by atoms with Crippen molar-refractivity contribution in [2.24, 2.45) is 0 Å². The molecule has 0 aliphatic carbocycles. The van der Waals surface area contributed by atoms with Gasteiger partial charge in [0.2, 0.25) is 0 Å². The van der Waals surface area contributed by atoms with E-state index in [1.165, 1.54) is 6.92 Å². The number of methoxy groups -OCH3 is 1. The monoisotopic (exact) mass is 234 g/mol. The highest BCUT2D eigenvalue weighted by molar-refractivity contribution is 5.66. The molecule has 4 nitrogen and oxygen atoms in total. The second-order valence-electron chi connectivity index (χ2n) is 3.49. The molecule has 0 heterocycles. The Morgan fingerprint density at radius 2 is 1.69 bits per heavy atom. The Morgan fingerprint density at radius 1 is 1.19 bits per heavy atom. The van der Waals surface area contributed by atoms with Crippen LogP contribution < -0.4 is 0 Å². The number of hydrogen-bond acceptors (Lipinski definition) is 4. The molecule has 0 saturated carbocycles. The summed E-state index contributed by atoms with van der Waals surface area (Å²) in [5.41, 5.74) is 0. The molecule has 4 heteroatoms. The Morgan fingerprint density at radius 3 is 2.00 bits per heavy atom. The van der Waals surface area contributed by atoms with Gasteiger partial charge in [-0.3, -0.25) is 4.79 Å². The summed E-state index contributed by atoms with van der Waals surface area (Å²) in [6, 6.07) is 0. The van der Waals surface area contributed by atoms with Crippen molar-refractivity contribution in [3.63, 3.8) is 0 Å². The summed E-state index contributed by atoms with van der Waals surface area (Å²) in [5, 5.41) is 0. The van der Waals surface area contributed by atoms with Crippen LogP contribution in [0.25, 0.3) is 0 Å². The molecule has 0 N–H and O–H groups in total. The number of ether oxygens (including phenoxy) is 3. The number of carbonyl (C=O) groups is 1. The van der Waals surface area contributed by atoms with Crippen molar-refractivity contribution in [1.29, 1.82) is 0 Å². The molecule has 1 atom stereocenters. The first-order valence-electron chi connectivity index (χ1n) is 5.82. The third-order valence-corrected chi connectivity index (χ3v) is 1.47. The quantitative estimate of drug-likeness (QED) is 0.501. The van der Waals surface area contributed by atoms with Crippen molar-refractivity contribution in [2.45, 2.75) is 46.6 Å². The highest BCUT2D eigenvalue weighted by atomic mass is 16.6. The maximum Gasteiger partial charge on any atom is 0.302 e. The molecule has 0 radical (unpaired) electrons. The van der Waals surface area contributed by atoms with E-state index in [4.69, 9.17) is 14.2 Å². The van der Waals surface area contributed by atoms with E-state index in [1.54, 1.807) is 14.0 Å². The minimum absolute atomic E-state index is 0.132. The second kappa shape index (κ2) is 14.4. The lowest BCUT2D eigenvalue weighted by atomic mass is 10.4. The summed E-state index contributed by atoms with van der Waals surface area (Å²) in [7, 11) is 1.57. The smallest absolute Gasteiger partial charge is 0.302 e. The molecule has 0 bridgehead atoms. The number of esters is 1. The molecule has 0 fully saturated rings. The molecule has 0 aromatic rings. The van der Waals surface area contributed by atoms with Gasteiger partial charge in [0.15, 0.2) is 0 Å². The fourth-order valence-corrected chi connectivity index (χ4v) is 0.943. The molecule has 98 valence electrons. The molecule has 0 saturated heterocycles. The fraction of sp³-hybridized carbons (Fsp3) is 0.917. The fourth-order valence-electron chi connectivity index (χ4n) is 0.943. The molecule has 0 amide bonds. The third-order valence-electron chi connectivity index (χ3n) is 1.47. The van der Waals surface area contributed by atoms with Crippen LogP contribution in [0.15, 0.2) is 0 Å². The van der Waals surface area contributed by atoms with E-state index < -0.39 is 0 Å². The van der Waals surface area contributed by atoms with Crippen LogP contribution in [0.1, 0.15) is 40.5 Å². The molecule has 1 unspecified atom stereocenters. The van der Waals surface area contributed by atoms with Crippen molar-refractivity contribution in [2.75, 3.05) is 26.9 Å². The zero-order chi connectivity index (χ0) is 12.8. The standard InChI is InChI=1S/C6H12O3.C6H14O/c1-5(4-8-3)9-6(2)7;1-3-5-7-6-4-2/h5H,4H2,1-3H3;3-6H2,1-2H3. The highest BCUT2D eigenvalue weighted by Gasteiger charge is 2.02. The van der Waals surface area contributed by atoms with Gasteiger partial charge in [-0.15, -0.1) is 0 Å². The van der Waals surface area contributed by atoms with Crippen molar-refractivity contribution >= 4 is 5.97 Å². The van der Waals surface area contributed by atoms with Crippen LogP contribution in [-0.2, 0) is 19.0 Å². The van der Waals surface area contributed by atoms with Gasteiger partial charge in [-0.05, 0) is 19.8 Å². The van der Waals surface area contributed by atoms with Crippen LogP contribution in [0.5, 0.6) is 0 Å². The molecule has 0 rings (SSSR count). The number of hydrogen-bond donors (Lipinski definition) is 0. The largest absolute Gasteiger partial charge is 0.460 e. The van der Waals surface area contributed by atoms with Gasteiger partial charge >= 0.3 is 5.97 Å². The molecule has 0 aromatic heterocycles. The molecule has 0 aliphatic heterocycles. The summed E-state index contributed by atoms with van der Waals surface area (Å²) >= 11 is 0. The lowest BCUT2D eigenvalue weighted by molar-refractivity contribution is -0.147. The van der Waals surface area contributed by atoms with Crippen LogP contribution in [0, 0.1) is 0 Å². The molecular weight excluding hydrogens is 208 g/mol. The van der Waals surface area contributed by atoms with Gasteiger partial charge in [0, 0.05) is 27.2 Å². The van der Waals surface area contributed by atoms with Crippen LogP contribution in [0.4, 0.5) is 0 Å². The van der Waals surface area contributed by atoms with Crippen molar-refractivity contribution in [3.8, 4) is 0 Å². The first-order valence-corrected chi connectivity index (χ1v) is 5.82. The first-order chi connectivity index (χ1) is 7.58. The van der Waals surface area contributed by atoms with Gasteiger partial charge in [-0.2, -0.15) is 0 Å². The van der Waals surface area contributed by atoms with Gasteiger partial charge in [0.1, 0.15) is 6.10 Å². The SMILES string of the molecule is CCCOCCC.COCC(C)OC(C)=O. The normalized spacial score (nSPS) is 11.3. The summed E-state index contributed by atoms with van der Waals surface area (Å²) in [4.78, 5) is 10.3. The predicted molar refractivity (Wildman–Crippen MR) is 64.5 cm³/mol. The van der Waals surface area contributed by atoms with Gasteiger partial charge in [-0.1, -0.05) is 13.8 Å². The van der Waals surface area contributed by atoms with E-state index >= 15 is 0 Å². The van der Waals surface area contributed by atoms with Gasteiger partial charge in [0.05, 0.1) is 6.61 Å². The Balaban J connectivity index is 0. The number of rotatable bonds is 7. The minimum Gasteiger partial charge on any atom is -0.460 e. The zero-order valence-corrected chi connectivity index (χ0v) is 11.2. The van der Waals surface area contributed by atoms with E-state index in [0.29, 0.717) is 6.61 Å². The van der Waals surface area contributed by atoms with Crippen molar-refractivity contribution < 1.29 is 19.0 Å². The van der Waals surface area contributed by atoms with Crippen LogP contribution in [-0.4, -0.2) is 39.0 Å². The Bertz CT molecular complexity index is 144. The van der Waals surface area contributed by atoms with E-state index in [0.717, 1.165) is 26.1 Å². The second-order valence-corrected chi connectivity index (χ2v) is 3.49. The van der Waals surface area contributed by atoms with E-state index in [2.05, 4.69) is 13.8 Å². The number of carbonyl (C=O) groups excluding carboxylic acids is 1. The minimum atomic E-state index is -0.264. The van der Waals surface area contributed by atoms with Gasteiger partial charge in [0.25, 0.3) is 0 Å². The molecule has 16 heavy (non-hydrogen) atoms. The van der Waals surface area contributed by atoms with Crippen molar-refractivity contribution in [3.05, 3.63) is 0 Å². The van der Waals surface area contributed by atoms with Crippen LogP contribution in [0.3, 0.4) is 0 Å². The Kier molecular flexibility index (Phi) is 16.0. The molecule has 0 aromatic carbocycles. The molecular formula is C12H26O4. The van der Waals surface area contributed by atoms with Crippen LogP contribution >= 0.6 is 0 Å². The summed E-state index contributed by atoms with van der Waals surface area (Å²) in [6.45, 7) is 9.71. The zero-order valence-electron chi connectivity index (χ0n) is 11.2. The van der Waals surface area contributed by atoms with E-state index in [1.807, 2.05) is 0 Å². The topological polar surface area (TPSA) is 44.8 Å². The molecule has 0 aliphatic rings. The summed E-state index contributed by atoms with van der Waals surface area (Å²) in [6.07, 6.45) is 2.15. The summed E-state index contributed by atoms with van der Waals surface area (Å²) < 4.78 is 14.6. The van der Waals surface area contributed by atoms with E-state index in [-0.39, 0.29) is 12.1 Å². The maximum absolute atomic E-state index is 10.3. The molecule has 0 spiro atoms. The average Bonchev–Trinajstić information content (AvgIpc) is 2.18. The van der Waals surface area contributed by atoms with Gasteiger partial charge in [-0.25, -0.2) is 0 Å². The average molecular weight is 234 g/mol. The highest BCUT2D eigenvalue weighted by Crippen LogP contribution is 1.90. The van der Waals surface area contributed by atoms with E-state index in [9.17, 15) is 4.79 Å². The summed E-state index contributed by atoms with van der Waals surface area (Å²) in [5.74, 6) is -0.264. The predicted octanol–water partition coefficient (Wildman–Crippen LogP) is 2.41. The van der Waals surface area contributed by atoms with Crippen LogP contribution in [0.2, 0.25) is 0 Å². The lowest BCUT2D eigenvalue weighted by Gasteiger charge is -2.08. The third kappa shape index (κ3) is 19.0. The Hall–Kier alpha value is -0.610. The maximum atomic E-state index is 10.3. The Labute approximate surface area is 99.3 Å². The lowest BCUT2D eigenvalue weighted by Crippen LogP contribution is -2.17. The first kappa shape index (κ1) is 17.8. The van der Waals surface area contributed by atoms with Crippen molar-refractivity contribution in [1.82, 2.24) is 0 Å².